The maximum Gasteiger partial charge on any atom is 0.256 e. The molecule has 1 aromatic rings. The zero-order valence-electron chi connectivity index (χ0n) is 11.2. The van der Waals surface area contributed by atoms with Gasteiger partial charge in [0.15, 0.2) is 0 Å². The third kappa shape index (κ3) is 4.24. The molecule has 0 atom stereocenters. The van der Waals surface area contributed by atoms with Crippen molar-refractivity contribution >= 4 is 17.5 Å². The summed E-state index contributed by atoms with van der Waals surface area (Å²) in [5.74, 6) is -1.31. The molecule has 0 aromatic heterocycles. The topological polar surface area (TPSA) is 75.4 Å². The third-order valence-corrected chi connectivity index (χ3v) is 2.42. The minimum absolute atomic E-state index is 0.00441. The largest absolute Gasteiger partial charge is 0.398 e. The van der Waals surface area contributed by atoms with Crippen LogP contribution in [0.2, 0.25) is 0 Å². The summed E-state index contributed by atoms with van der Waals surface area (Å²) in [6.07, 6.45) is 0. The molecule has 0 saturated carbocycles. The number of benzene rings is 1. The van der Waals surface area contributed by atoms with Crippen molar-refractivity contribution in [1.82, 2.24) is 10.2 Å². The Hall–Kier alpha value is -2.11. The number of anilines is 1. The molecule has 104 valence electrons. The summed E-state index contributed by atoms with van der Waals surface area (Å²) in [6.45, 7) is 3.54. The first-order chi connectivity index (χ1) is 8.81. The summed E-state index contributed by atoms with van der Waals surface area (Å²) < 4.78 is 13.1. The number of halogens is 1. The third-order valence-electron chi connectivity index (χ3n) is 2.42. The normalized spacial score (nSPS) is 10.4. The Bertz CT molecular complexity index is 489. The molecule has 0 heterocycles. The molecule has 0 aliphatic rings. The Labute approximate surface area is 111 Å². The quantitative estimate of drug-likeness (QED) is 0.799. The van der Waals surface area contributed by atoms with E-state index in [0.29, 0.717) is 0 Å². The van der Waals surface area contributed by atoms with E-state index < -0.39 is 11.7 Å². The van der Waals surface area contributed by atoms with Crippen molar-refractivity contribution in [3.05, 3.63) is 29.6 Å². The second-order valence-corrected chi connectivity index (χ2v) is 4.62. The summed E-state index contributed by atoms with van der Waals surface area (Å²) in [5, 5.41) is 2.67. The van der Waals surface area contributed by atoms with Gasteiger partial charge in [-0.05, 0) is 32.0 Å². The van der Waals surface area contributed by atoms with Gasteiger partial charge in [-0.1, -0.05) is 0 Å². The maximum absolute atomic E-state index is 13.1. The molecule has 0 radical (unpaired) electrons. The molecule has 0 fully saturated rings. The average molecular weight is 267 g/mol. The van der Waals surface area contributed by atoms with E-state index in [1.165, 1.54) is 24.1 Å². The van der Waals surface area contributed by atoms with Crippen LogP contribution in [-0.2, 0) is 4.79 Å². The highest BCUT2D eigenvalue weighted by molar-refractivity contribution is 6.00. The van der Waals surface area contributed by atoms with Crippen molar-refractivity contribution in [2.24, 2.45) is 0 Å². The van der Waals surface area contributed by atoms with Crippen LogP contribution in [0.5, 0.6) is 0 Å². The molecule has 0 unspecified atom stereocenters. The molecule has 6 heteroatoms. The number of likely N-dealkylation sites (N-methyl/N-ethyl adjacent to an activating group) is 1. The van der Waals surface area contributed by atoms with Crippen LogP contribution in [0.1, 0.15) is 24.2 Å². The number of amides is 2. The number of nitrogens with one attached hydrogen (secondary N) is 1. The Kier molecular flexibility index (Phi) is 4.86. The minimum Gasteiger partial charge on any atom is -0.398 e. The highest BCUT2D eigenvalue weighted by atomic mass is 19.1. The van der Waals surface area contributed by atoms with Crippen molar-refractivity contribution in [2.45, 2.75) is 19.9 Å². The van der Waals surface area contributed by atoms with Gasteiger partial charge < -0.3 is 16.0 Å². The first-order valence-electron chi connectivity index (χ1n) is 5.91. The SMILES string of the molecule is CC(C)NC(=O)CN(C)C(=O)c1cc(F)ccc1N. The molecule has 3 N–H and O–H groups in total. The molecule has 5 nitrogen and oxygen atoms in total. The number of carbonyl (C=O) groups is 2. The van der Waals surface area contributed by atoms with Gasteiger partial charge in [-0.2, -0.15) is 0 Å². The van der Waals surface area contributed by atoms with Crippen molar-refractivity contribution in [3.8, 4) is 0 Å². The van der Waals surface area contributed by atoms with Crippen LogP contribution in [0.25, 0.3) is 0 Å². The van der Waals surface area contributed by atoms with E-state index in [2.05, 4.69) is 5.32 Å². The van der Waals surface area contributed by atoms with Crippen LogP contribution in [0.15, 0.2) is 18.2 Å². The van der Waals surface area contributed by atoms with Crippen LogP contribution < -0.4 is 11.1 Å². The van der Waals surface area contributed by atoms with Gasteiger partial charge in [0.05, 0.1) is 12.1 Å². The van der Waals surface area contributed by atoms with Crippen LogP contribution in [-0.4, -0.2) is 36.3 Å². The second-order valence-electron chi connectivity index (χ2n) is 4.62. The fourth-order valence-corrected chi connectivity index (χ4v) is 1.57. The fraction of sp³-hybridized carbons (Fsp3) is 0.385. The number of rotatable bonds is 4. The Balaban J connectivity index is 2.77. The number of nitrogens with two attached hydrogens (primary N) is 1. The molecular formula is C13H18FN3O2. The minimum atomic E-state index is -0.544. The van der Waals surface area contributed by atoms with E-state index in [-0.39, 0.29) is 29.7 Å². The first kappa shape index (κ1) is 14.9. The van der Waals surface area contributed by atoms with Gasteiger partial charge in [0.2, 0.25) is 5.91 Å². The number of nitrogens with zero attached hydrogens (tertiary/aromatic N) is 1. The van der Waals surface area contributed by atoms with Crippen LogP contribution in [0.4, 0.5) is 10.1 Å². The van der Waals surface area contributed by atoms with Crippen LogP contribution in [0.3, 0.4) is 0 Å². The van der Waals surface area contributed by atoms with Crippen molar-refractivity contribution in [2.75, 3.05) is 19.3 Å². The molecular weight excluding hydrogens is 249 g/mol. The molecule has 1 aromatic carbocycles. The molecule has 0 aliphatic carbocycles. The average Bonchev–Trinajstić information content (AvgIpc) is 2.30. The fourth-order valence-electron chi connectivity index (χ4n) is 1.57. The molecule has 0 bridgehead atoms. The van der Waals surface area contributed by atoms with Gasteiger partial charge in [0, 0.05) is 18.8 Å². The van der Waals surface area contributed by atoms with Gasteiger partial charge in [0.25, 0.3) is 5.91 Å². The second kappa shape index (κ2) is 6.17. The lowest BCUT2D eigenvalue weighted by Gasteiger charge is -2.18. The maximum atomic E-state index is 13.1. The molecule has 19 heavy (non-hydrogen) atoms. The predicted molar refractivity (Wildman–Crippen MR) is 71.1 cm³/mol. The smallest absolute Gasteiger partial charge is 0.256 e. The highest BCUT2D eigenvalue weighted by Gasteiger charge is 2.18. The number of hydrogen-bond donors (Lipinski definition) is 2. The molecule has 0 aliphatic heterocycles. The molecule has 0 spiro atoms. The summed E-state index contributed by atoms with van der Waals surface area (Å²) in [6, 6.07) is 3.56. The summed E-state index contributed by atoms with van der Waals surface area (Å²) in [4.78, 5) is 24.8. The predicted octanol–water partition coefficient (Wildman–Crippen LogP) is 1.00. The van der Waals surface area contributed by atoms with Crippen molar-refractivity contribution in [1.29, 1.82) is 0 Å². The van der Waals surface area contributed by atoms with Crippen molar-refractivity contribution < 1.29 is 14.0 Å². The highest BCUT2D eigenvalue weighted by Crippen LogP contribution is 2.15. The van der Waals surface area contributed by atoms with E-state index >= 15 is 0 Å². The first-order valence-corrected chi connectivity index (χ1v) is 5.91. The monoisotopic (exact) mass is 267 g/mol. The lowest BCUT2D eigenvalue weighted by atomic mass is 10.1. The number of nitrogen functional groups attached to an aromatic ring is 1. The number of carbonyl (C=O) groups excluding carboxylic acids is 2. The lowest BCUT2D eigenvalue weighted by Crippen LogP contribution is -2.41. The number of hydrogen-bond acceptors (Lipinski definition) is 3. The van der Waals surface area contributed by atoms with Crippen LogP contribution in [0, 0.1) is 5.82 Å². The Morgan fingerprint density at radius 2 is 2.05 bits per heavy atom. The van der Waals surface area contributed by atoms with E-state index in [0.717, 1.165) is 6.07 Å². The molecule has 1 rings (SSSR count). The molecule has 2 amide bonds. The standard InChI is InChI=1S/C13H18FN3O2/c1-8(2)16-12(18)7-17(3)13(19)10-6-9(14)4-5-11(10)15/h4-6,8H,7,15H2,1-3H3,(H,16,18). The van der Waals surface area contributed by atoms with Crippen molar-refractivity contribution in [3.63, 3.8) is 0 Å². The molecule has 0 saturated heterocycles. The zero-order valence-corrected chi connectivity index (χ0v) is 11.2. The van der Waals surface area contributed by atoms with Gasteiger partial charge in [0.1, 0.15) is 5.82 Å². The Morgan fingerprint density at radius 3 is 2.63 bits per heavy atom. The van der Waals surface area contributed by atoms with Gasteiger partial charge in [-0.25, -0.2) is 4.39 Å². The van der Waals surface area contributed by atoms with Gasteiger partial charge in [-0.3, -0.25) is 9.59 Å². The van der Waals surface area contributed by atoms with E-state index in [1.807, 2.05) is 13.8 Å². The lowest BCUT2D eigenvalue weighted by molar-refractivity contribution is -0.122. The van der Waals surface area contributed by atoms with E-state index in [9.17, 15) is 14.0 Å². The van der Waals surface area contributed by atoms with Crippen LogP contribution >= 0.6 is 0 Å². The zero-order chi connectivity index (χ0) is 14.6. The summed E-state index contributed by atoms with van der Waals surface area (Å²) >= 11 is 0. The van der Waals surface area contributed by atoms with Gasteiger partial charge in [-0.15, -0.1) is 0 Å². The summed E-state index contributed by atoms with van der Waals surface area (Å²) in [7, 11) is 1.46. The Morgan fingerprint density at radius 1 is 1.42 bits per heavy atom. The van der Waals surface area contributed by atoms with E-state index in [4.69, 9.17) is 5.73 Å². The van der Waals surface area contributed by atoms with Gasteiger partial charge >= 0.3 is 0 Å². The van der Waals surface area contributed by atoms with E-state index in [1.54, 1.807) is 0 Å². The summed E-state index contributed by atoms with van der Waals surface area (Å²) in [5.41, 5.74) is 5.86.